The summed E-state index contributed by atoms with van der Waals surface area (Å²) >= 11 is 1.60. The molecule has 0 spiro atoms. The van der Waals surface area contributed by atoms with E-state index in [1.165, 1.54) is 6.07 Å². The average molecular weight is 216 g/mol. The molecule has 78 valence electrons. The van der Waals surface area contributed by atoms with Gasteiger partial charge in [-0.3, -0.25) is 10.1 Å². The number of hydrogen-bond donors (Lipinski definition) is 1. The predicted molar refractivity (Wildman–Crippen MR) is 55.2 cm³/mol. The van der Waals surface area contributed by atoms with Crippen LogP contribution in [0.25, 0.3) is 0 Å². The van der Waals surface area contributed by atoms with Gasteiger partial charge in [0.05, 0.1) is 11.8 Å². The summed E-state index contributed by atoms with van der Waals surface area (Å²) in [6.45, 7) is 1.91. The summed E-state index contributed by atoms with van der Waals surface area (Å²) in [4.78, 5) is 9.74. The Hall–Kier alpha value is -1.01. The average Bonchev–Trinajstić information content (AvgIpc) is 2.52. The van der Waals surface area contributed by atoms with Crippen LogP contribution in [0.5, 0.6) is 0 Å². The highest BCUT2D eigenvalue weighted by molar-refractivity contribution is 7.98. The SMILES string of the molecule is CC(N)CSCc1ccc([N+](=O)[O-])o1. The molecule has 6 heteroatoms. The minimum Gasteiger partial charge on any atom is -0.405 e. The second-order valence-electron chi connectivity index (χ2n) is 2.99. The molecule has 0 saturated heterocycles. The van der Waals surface area contributed by atoms with Crippen LogP contribution in [0, 0.1) is 10.1 Å². The molecule has 0 fully saturated rings. The Labute approximate surface area is 85.8 Å². The molecular formula is C8H12N2O3S. The molecule has 0 aliphatic rings. The first-order valence-corrected chi connectivity index (χ1v) is 5.31. The van der Waals surface area contributed by atoms with E-state index in [0.29, 0.717) is 11.5 Å². The standard InChI is InChI=1S/C8H12N2O3S/c1-6(9)4-14-5-7-2-3-8(13-7)10(11)12/h2-3,6H,4-5,9H2,1H3. The monoisotopic (exact) mass is 216 g/mol. The van der Waals surface area contributed by atoms with Crippen molar-refractivity contribution in [3.63, 3.8) is 0 Å². The van der Waals surface area contributed by atoms with Crippen molar-refractivity contribution in [3.8, 4) is 0 Å². The van der Waals surface area contributed by atoms with Crippen molar-refractivity contribution in [2.75, 3.05) is 5.75 Å². The highest BCUT2D eigenvalue weighted by Crippen LogP contribution is 2.20. The number of thioether (sulfide) groups is 1. The molecule has 1 rings (SSSR count). The predicted octanol–water partition coefficient (Wildman–Crippen LogP) is 1.77. The largest absolute Gasteiger partial charge is 0.433 e. The molecule has 1 unspecified atom stereocenters. The summed E-state index contributed by atoms with van der Waals surface area (Å²) in [7, 11) is 0. The number of hydrogen-bond acceptors (Lipinski definition) is 5. The molecule has 0 aliphatic heterocycles. The Morgan fingerprint density at radius 1 is 1.71 bits per heavy atom. The molecule has 2 N–H and O–H groups in total. The summed E-state index contributed by atoms with van der Waals surface area (Å²) in [6.07, 6.45) is 0. The van der Waals surface area contributed by atoms with Gasteiger partial charge >= 0.3 is 5.88 Å². The minimum absolute atomic E-state index is 0.130. The lowest BCUT2D eigenvalue weighted by molar-refractivity contribution is -0.402. The van der Waals surface area contributed by atoms with E-state index >= 15 is 0 Å². The zero-order valence-corrected chi connectivity index (χ0v) is 8.62. The Bertz CT molecular complexity index is 311. The van der Waals surface area contributed by atoms with Gasteiger partial charge in [0.15, 0.2) is 0 Å². The quantitative estimate of drug-likeness (QED) is 0.599. The van der Waals surface area contributed by atoms with Crippen LogP contribution in [0.15, 0.2) is 16.5 Å². The highest BCUT2D eigenvalue weighted by Gasteiger charge is 2.11. The van der Waals surface area contributed by atoms with Gasteiger partial charge in [-0.1, -0.05) is 0 Å². The maximum Gasteiger partial charge on any atom is 0.433 e. The molecule has 0 aliphatic carbocycles. The number of furan rings is 1. The van der Waals surface area contributed by atoms with Gasteiger partial charge in [-0.2, -0.15) is 11.8 Å². The van der Waals surface area contributed by atoms with Crippen LogP contribution in [0.1, 0.15) is 12.7 Å². The van der Waals surface area contributed by atoms with E-state index in [9.17, 15) is 10.1 Å². The lowest BCUT2D eigenvalue weighted by Gasteiger charge is -2.01. The van der Waals surface area contributed by atoms with Gasteiger partial charge in [0.2, 0.25) is 0 Å². The molecule has 0 saturated carbocycles. The Kier molecular flexibility index (Phi) is 3.97. The van der Waals surface area contributed by atoms with E-state index in [2.05, 4.69) is 0 Å². The summed E-state index contributed by atoms with van der Waals surface area (Å²) in [6, 6.07) is 3.11. The zero-order valence-electron chi connectivity index (χ0n) is 7.80. The second-order valence-corrected chi connectivity index (χ2v) is 4.02. The molecule has 0 amide bonds. The maximum absolute atomic E-state index is 10.3. The molecule has 1 aromatic rings. The van der Waals surface area contributed by atoms with E-state index < -0.39 is 4.92 Å². The van der Waals surface area contributed by atoms with Gasteiger partial charge < -0.3 is 10.2 Å². The van der Waals surface area contributed by atoms with Gasteiger partial charge in [0, 0.05) is 11.8 Å². The fraction of sp³-hybridized carbons (Fsp3) is 0.500. The highest BCUT2D eigenvalue weighted by atomic mass is 32.2. The molecule has 0 aromatic carbocycles. The van der Waals surface area contributed by atoms with Crippen molar-refractivity contribution in [3.05, 3.63) is 28.0 Å². The van der Waals surface area contributed by atoms with Crippen molar-refractivity contribution >= 4 is 17.6 Å². The first-order chi connectivity index (χ1) is 6.59. The fourth-order valence-electron chi connectivity index (χ4n) is 0.888. The van der Waals surface area contributed by atoms with Crippen LogP contribution < -0.4 is 5.73 Å². The fourth-order valence-corrected chi connectivity index (χ4v) is 1.73. The summed E-state index contributed by atoms with van der Waals surface area (Å²) in [5.74, 6) is 1.84. The van der Waals surface area contributed by atoms with E-state index in [1.807, 2.05) is 6.92 Å². The molecule has 1 atom stereocenters. The number of rotatable bonds is 5. The molecule has 1 aromatic heterocycles. The van der Waals surface area contributed by atoms with E-state index in [-0.39, 0.29) is 11.9 Å². The zero-order chi connectivity index (χ0) is 10.6. The normalized spacial score (nSPS) is 12.7. The number of nitro groups is 1. The van der Waals surface area contributed by atoms with Gasteiger partial charge in [-0.05, 0) is 13.0 Å². The lowest BCUT2D eigenvalue weighted by atomic mass is 10.4. The smallest absolute Gasteiger partial charge is 0.405 e. The van der Waals surface area contributed by atoms with Crippen molar-refractivity contribution < 1.29 is 9.34 Å². The van der Waals surface area contributed by atoms with Crippen LogP contribution in [-0.2, 0) is 5.75 Å². The Morgan fingerprint density at radius 3 is 2.93 bits per heavy atom. The molecule has 14 heavy (non-hydrogen) atoms. The van der Waals surface area contributed by atoms with Crippen LogP contribution >= 0.6 is 11.8 Å². The molecule has 5 nitrogen and oxygen atoms in total. The molecule has 0 radical (unpaired) electrons. The van der Waals surface area contributed by atoms with Crippen LogP contribution in [0.2, 0.25) is 0 Å². The summed E-state index contributed by atoms with van der Waals surface area (Å²) < 4.78 is 4.97. The van der Waals surface area contributed by atoms with E-state index in [4.69, 9.17) is 10.2 Å². The van der Waals surface area contributed by atoms with Crippen molar-refractivity contribution in [2.45, 2.75) is 18.7 Å². The Balaban J connectivity index is 2.40. The van der Waals surface area contributed by atoms with Crippen LogP contribution in [0.4, 0.5) is 5.88 Å². The lowest BCUT2D eigenvalue weighted by Crippen LogP contribution is -2.17. The molecule has 1 heterocycles. The third-order valence-electron chi connectivity index (χ3n) is 1.45. The second kappa shape index (κ2) is 5.02. The van der Waals surface area contributed by atoms with Gasteiger partial charge in [0.1, 0.15) is 10.7 Å². The van der Waals surface area contributed by atoms with Gasteiger partial charge in [-0.15, -0.1) is 0 Å². The third-order valence-corrected chi connectivity index (χ3v) is 2.70. The third kappa shape index (κ3) is 3.39. The van der Waals surface area contributed by atoms with Gasteiger partial charge in [0.25, 0.3) is 0 Å². The summed E-state index contributed by atoms with van der Waals surface area (Å²) in [5.41, 5.74) is 5.55. The Morgan fingerprint density at radius 2 is 2.43 bits per heavy atom. The summed E-state index contributed by atoms with van der Waals surface area (Å²) in [5, 5.41) is 10.3. The topological polar surface area (TPSA) is 82.3 Å². The van der Waals surface area contributed by atoms with Crippen molar-refractivity contribution in [1.29, 1.82) is 0 Å². The number of nitrogens with two attached hydrogens (primary N) is 1. The minimum atomic E-state index is -0.542. The first kappa shape index (κ1) is 11.1. The van der Waals surface area contributed by atoms with Crippen molar-refractivity contribution in [1.82, 2.24) is 0 Å². The van der Waals surface area contributed by atoms with Crippen LogP contribution in [0.3, 0.4) is 0 Å². The van der Waals surface area contributed by atoms with E-state index in [0.717, 1.165) is 5.75 Å². The first-order valence-electron chi connectivity index (χ1n) is 4.16. The van der Waals surface area contributed by atoms with Gasteiger partial charge in [-0.25, -0.2) is 0 Å². The molecular weight excluding hydrogens is 204 g/mol. The van der Waals surface area contributed by atoms with Crippen LogP contribution in [-0.4, -0.2) is 16.7 Å². The van der Waals surface area contributed by atoms with E-state index in [1.54, 1.807) is 17.8 Å². The molecule has 0 bridgehead atoms. The number of nitrogens with zero attached hydrogens (tertiary/aromatic N) is 1. The maximum atomic E-state index is 10.3. The van der Waals surface area contributed by atoms with Crippen molar-refractivity contribution in [2.24, 2.45) is 5.73 Å².